The second kappa shape index (κ2) is 8.96. The van der Waals surface area contributed by atoms with Crippen molar-refractivity contribution in [1.82, 2.24) is 0 Å². The highest BCUT2D eigenvalue weighted by Gasteiger charge is 2.50. The monoisotopic (exact) mass is 492 g/mol. The molecule has 3 amide bonds. The van der Waals surface area contributed by atoms with E-state index in [9.17, 15) is 19.2 Å². The summed E-state index contributed by atoms with van der Waals surface area (Å²) in [4.78, 5) is 54.3. The van der Waals surface area contributed by atoms with Crippen LogP contribution in [0.15, 0.2) is 54.6 Å². The number of nitrogens with zero attached hydrogens (tertiary/aromatic N) is 2. The second-order valence-electron chi connectivity index (χ2n) is 9.42. The van der Waals surface area contributed by atoms with Crippen molar-refractivity contribution in [2.45, 2.75) is 26.7 Å². The molecule has 0 aromatic heterocycles. The van der Waals surface area contributed by atoms with Crippen molar-refractivity contribution < 1.29 is 23.9 Å². The van der Waals surface area contributed by atoms with Crippen molar-refractivity contribution >= 4 is 46.7 Å². The van der Waals surface area contributed by atoms with Gasteiger partial charge in [-0.05, 0) is 49.1 Å². The Morgan fingerprint density at radius 2 is 1.86 bits per heavy atom. The van der Waals surface area contributed by atoms with E-state index >= 15 is 0 Å². The fourth-order valence-corrected chi connectivity index (χ4v) is 5.33. The summed E-state index contributed by atoms with van der Waals surface area (Å²) in [6.45, 7) is 4.01. The molecule has 2 aromatic rings. The Labute approximate surface area is 208 Å². The number of aryl methyl sites for hydroxylation is 1. The number of hydrogen-bond acceptors (Lipinski definition) is 5. The molecule has 0 N–H and O–H groups in total. The minimum absolute atomic E-state index is 0.0116. The molecular weight excluding hydrogens is 468 g/mol. The first kappa shape index (κ1) is 23.3. The molecule has 4 atom stereocenters. The van der Waals surface area contributed by atoms with Gasteiger partial charge in [-0.3, -0.25) is 19.2 Å². The molecule has 8 heteroatoms. The van der Waals surface area contributed by atoms with E-state index in [-0.39, 0.29) is 54.2 Å². The van der Waals surface area contributed by atoms with Gasteiger partial charge in [0.1, 0.15) is 5.75 Å². The molecule has 1 aliphatic carbocycles. The van der Waals surface area contributed by atoms with E-state index in [2.05, 4.69) is 0 Å². The maximum atomic E-state index is 13.1. The Morgan fingerprint density at radius 1 is 1.06 bits per heavy atom. The summed E-state index contributed by atoms with van der Waals surface area (Å²) < 4.78 is 5.58. The lowest BCUT2D eigenvalue weighted by Crippen LogP contribution is -2.31. The van der Waals surface area contributed by atoms with E-state index in [0.29, 0.717) is 22.8 Å². The summed E-state index contributed by atoms with van der Waals surface area (Å²) in [5.74, 6) is -2.34. The number of carbonyl (C=O) groups is 4. The zero-order valence-corrected chi connectivity index (χ0v) is 20.2. The van der Waals surface area contributed by atoms with Crippen molar-refractivity contribution in [2.24, 2.45) is 23.7 Å². The van der Waals surface area contributed by atoms with Gasteiger partial charge in [-0.1, -0.05) is 42.8 Å². The van der Waals surface area contributed by atoms with E-state index in [1.807, 2.05) is 32.1 Å². The van der Waals surface area contributed by atoms with Crippen LogP contribution in [-0.2, 0) is 19.2 Å². The highest BCUT2D eigenvalue weighted by molar-refractivity contribution is 6.31. The summed E-state index contributed by atoms with van der Waals surface area (Å²) in [5.41, 5.74) is 1.92. The van der Waals surface area contributed by atoms with Gasteiger partial charge >= 0.3 is 5.97 Å². The van der Waals surface area contributed by atoms with Crippen LogP contribution < -0.4 is 14.5 Å². The number of rotatable bonds is 4. The van der Waals surface area contributed by atoms with Gasteiger partial charge in [-0.2, -0.15) is 0 Å². The molecule has 5 rings (SSSR count). The molecule has 2 aliphatic heterocycles. The maximum Gasteiger partial charge on any atom is 0.316 e. The molecule has 0 bridgehead atoms. The Kier molecular flexibility index (Phi) is 5.97. The molecule has 35 heavy (non-hydrogen) atoms. The third-order valence-electron chi connectivity index (χ3n) is 7.09. The first-order valence-corrected chi connectivity index (χ1v) is 12.0. The number of carbonyl (C=O) groups excluding carboxylic acids is 4. The number of esters is 1. The quantitative estimate of drug-likeness (QED) is 0.275. The number of allylic oxidation sites excluding steroid dienone is 2. The lowest BCUT2D eigenvalue weighted by atomic mass is 9.78. The van der Waals surface area contributed by atoms with Gasteiger partial charge in [0, 0.05) is 29.7 Å². The number of anilines is 2. The summed E-state index contributed by atoms with van der Waals surface area (Å²) in [7, 11) is 0. The highest BCUT2D eigenvalue weighted by Crippen LogP contribution is 2.41. The van der Waals surface area contributed by atoms with Crippen molar-refractivity contribution in [3.05, 3.63) is 65.2 Å². The highest BCUT2D eigenvalue weighted by atomic mass is 35.5. The first-order valence-electron chi connectivity index (χ1n) is 11.7. The summed E-state index contributed by atoms with van der Waals surface area (Å²) in [6.07, 6.45) is 4.50. The summed E-state index contributed by atoms with van der Waals surface area (Å²) in [5, 5.41) is 0.550. The number of fused-ring (bicyclic) bond motifs is 1. The van der Waals surface area contributed by atoms with E-state index in [1.165, 1.54) is 15.9 Å². The molecule has 0 saturated carbocycles. The van der Waals surface area contributed by atoms with Crippen LogP contribution in [0.25, 0.3) is 0 Å². The standard InChI is InChI=1S/C27H25ClN2O5/c1-15-9-10-18(13-22(15)28)29-14-17(11-23(29)31)27(34)35-20-7-4-6-19(12-20)30-25(32)21-8-3-5-16(2)24(21)26(30)33/h3-7,9-10,12-13,16-17,21,24H,8,11,14H2,1-2H3/t16-,17+,21+,24+/m0/s1. The minimum atomic E-state index is -0.643. The third kappa shape index (κ3) is 4.14. The third-order valence-corrected chi connectivity index (χ3v) is 7.50. The molecule has 0 spiro atoms. The minimum Gasteiger partial charge on any atom is -0.426 e. The number of hydrogen-bond donors (Lipinski definition) is 0. The van der Waals surface area contributed by atoms with Crippen molar-refractivity contribution in [2.75, 3.05) is 16.3 Å². The van der Waals surface area contributed by atoms with Crippen LogP contribution in [0.4, 0.5) is 11.4 Å². The Bertz CT molecular complexity index is 1270. The van der Waals surface area contributed by atoms with Crippen LogP contribution in [0.5, 0.6) is 5.75 Å². The fourth-order valence-electron chi connectivity index (χ4n) is 5.15. The zero-order chi connectivity index (χ0) is 24.9. The largest absolute Gasteiger partial charge is 0.426 e. The van der Waals surface area contributed by atoms with Crippen LogP contribution in [0, 0.1) is 30.6 Å². The van der Waals surface area contributed by atoms with Crippen LogP contribution in [0.1, 0.15) is 25.3 Å². The Balaban J connectivity index is 1.30. The summed E-state index contributed by atoms with van der Waals surface area (Å²) >= 11 is 6.20. The molecule has 0 radical (unpaired) electrons. The van der Waals surface area contributed by atoms with Gasteiger partial charge in [0.25, 0.3) is 0 Å². The predicted molar refractivity (Wildman–Crippen MR) is 131 cm³/mol. The molecule has 2 aromatic carbocycles. The molecule has 2 heterocycles. The lowest BCUT2D eigenvalue weighted by Gasteiger charge is -2.22. The van der Waals surface area contributed by atoms with E-state index in [4.69, 9.17) is 16.3 Å². The van der Waals surface area contributed by atoms with Crippen molar-refractivity contribution in [3.8, 4) is 5.75 Å². The number of benzene rings is 2. The first-order chi connectivity index (χ1) is 16.7. The molecule has 3 aliphatic rings. The van der Waals surface area contributed by atoms with E-state index in [1.54, 1.807) is 30.3 Å². The second-order valence-corrected chi connectivity index (χ2v) is 9.83. The number of amides is 3. The molecular formula is C27H25ClN2O5. The molecule has 7 nitrogen and oxygen atoms in total. The number of halogens is 1. The molecule has 2 saturated heterocycles. The normalized spacial score (nSPS) is 25.9. The maximum absolute atomic E-state index is 13.1. The van der Waals surface area contributed by atoms with Crippen molar-refractivity contribution in [3.63, 3.8) is 0 Å². The predicted octanol–water partition coefficient (Wildman–Crippen LogP) is 4.31. The van der Waals surface area contributed by atoms with Crippen LogP contribution >= 0.6 is 11.6 Å². The average Bonchev–Trinajstić information content (AvgIpc) is 3.34. The Hall–Kier alpha value is -3.45. The summed E-state index contributed by atoms with van der Waals surface area (Å²) in [6, 6.07) is 11.8. The van der Waals surface area contributed by atoms with Crippen LogP contribution in [0.2, 0.25) is 5.02 Å². The lowest BCUT2D eigenvalue weighted by molar-refractivity contribution is -0.139. The van der Waals surface area contributed by atoms with Gasteiger partial charge in [-0.15, -0.1) is 0 Å². The SMILES string of the molecule is Cc1ccc(N2C[C@H](C(=O)Oc3cccc(N4C(=O)[C@@H]5[C@@H](C)C=CC[C@H]5C4=O)c3)CC2=O)cc1Cl. The fraction of sp³-hybridized carbons (Fsp3) is 0.333. The topological polar surface area (TPSA) is 84.0 Å². The zero-order valence-electron chi connectivity index (χ0n) is 19.4. The molecule has 0 unspecified atom stereocenters. The molecule has 180 valence electrons. The number of ether oxygens (including phenoxy) is 1. The van der Waals surface area contributed by atoms with Gasteiger partial charge in [0.2, 0.25) is 17.7 Å². The van der Waals surface area contributed by atoms with Gasteiger partial charge in [0.15, 0.2) is 0 Å². The van der Waals surface area contributed by atoms with Crippen LogP contribution in [0.3, 0.4) is 0 Å². The van der Waals surface area contributed by atoms with Gasteiger partial charge < -0.3 is 9.64 Å². The molecule has 2 fully saturated rings. The van der Waals surface area contributed by atoms with Crippen LogP contribution in [-0.4, -0.2) is 30.2 Å². The van der Waals surface area contributed by atoms with E-state index < -0.39 is 11.9 Å². The number of imide groups is 1. The van der Waals surface area contributed by atoms with Crippen molar-refractivity contribution in [1.29, 1.82) is 0 Å². The average molecular weight is 493 g/mol. The smallest absolute Gasteiger partial charge is 0.316 e. The Morgan fingerprint density at radius 3 is 2.60 bits per heavy atom. The van der Waals surface area contributed by atoms with E-state index in [0.717, 1.165) is 5.56 Å². The van der Waals surface area contributed by atoms with Gasteiger partial charge in [-0.25, -0.2) is 4.90 Å². The van der Waals surface area contributed by atoms with Gasteiger partial charge in [0.05, 0.1) is 23.4 Å².